The maximum absolute atomic E-state index is 14.7. The summed E-state index contributed by atoms with van der Waals surface area (Å²) >= 11 is 0. The fourth-order valence-electron chi connectivity index (χ4n) is 4.30. The van der Waals surface area contributed by atoms with Crippen LogP contribution in [0.2, 0.25) is 0 Å². The minimum absolute atomic E-state index is 0.0199. The second kappa shape index (κ2) is 7.54. The number of likely N-dealkylation sites (tertiary alicyclic amines) is 1. The van der Waals surface area contributed by atoms with Crippen molar-refractivity contribution < 1.29 is 9.50 Å². The number of nitrogens with zero attached hydrogens (tertiary/aromatic N) is 5. The molecule has 0 bridgehead atoms. The maximum Gasteiger partial charge on any atom is 0.220 e. The molecule has 3 aromatic heterocycles. The molecule has 3 aromatic rings. The lowest BCUT2D eigenvalue weighted by Crippen LogP contribution is -2.50. The molecule has 3 N–H and O–H groups in total. The number of nitrogen functional groups attached to an aromatic ring is 1. The molecular formula is C24H27FN6O. The predicted octanol–water partition coefficient (Wildman–Crippen LogP) is 2.99. The zero-order chi connectivity index (χ0) is 22.6. The van der Waals surface area contributed by atoms with Crippen molar-refractivity contribution >= 4 is 16.9 Å². The highest BCUT2D eigenvalue weighted by atomic mass is 19.1. The van der Waals surface area contributed by atoms with E-state index in [1.807, 2.05) is 12.3 Å². The minimum atomic E-state index is -1.02. The summed E-state index contributed by atoms with van der Waals surface area (Å²) in [6.07, 6.45) is 6.78. The number of halogens is 1. The molecule has 4 heterocycles. The minimum Gasteiger partial charge on any atom is -0.378 e. The van der Waals surface area contributed by atoms with Crippen LogP contribution in [0, 0.1) is 23.6 Å². The van der Waals surface area contributed by atoms with Crippen LogP contribution < -0.4 is 5.73 Å². The number of anilines is 1. The third-order valence-corrected chi connectivity index (χ3v) is 6.57. The Labute approximate surface area is 186 Å². The van der Waals surface area contributed by atoms with E-state index in [4.69, 9.17) is 5.73 Å². The monoisotopic (exact) mass is 434 g/mol. The van der Waals surface area contributed by atoms with Gasteiger partial charge in [-0.3, -0.25) is 4.90 Å². The standard InChI is InChI=1S/C24H27FN6O/c1-14(2)30-11-17(12-30)31-13-19(22-20(25)9-28-23(26)29-22)18-8-16(27-10-21(18)31)6-7-24(3,32)15-4-5-15/h8-10,13-15,17,32H,4-5,11-12H2,1-3H3,(H2,26,28,29). The molecule has 1 saturated heterocycles. The van der Waals surface area contributed by atoms with Crippen LogP contribution in [-0.2, 0) is 0 Å². The van der Waals surface area contributed by atoms with E-state index in [-0.39, 0.29) is 23.6 Å². The van der Waals surface area contributed by atoms with Crippen molar-refractivity contribution in [3.05, 3.63) is 36.2 Å². The van der Waals surface area contributed by atoms with Crippen LogP contribution in [0.1, 0.15) is 45.3 Å². The van der Waals surface area contributed by atoms with E-state index in [1.54, 1.807) is 13.1 Å². The van der Waals surface area contributed by atoms with Crippen molar-refractivity contribution in [1.82, 2.24) is 24.4 Å². The van der Waals surface area contributed by atoms with E-state index in [2.05, 4.69) is 50.1 Å². The summed E-state index contributed by atoms with van der Waals surface area (Å²) in [5.74, 6) is 5.68. The zero-order valence-electron chi connectivity index (χ0n) is 18.5. The number of hydrogen-bond acceptors (Lipinski definition) is 6. The van der Waals surface area contributed by atoms with Gasteiger partial charge in [0.2, 0.25) is 5.95 Å². The van der Waals surface area contributed by atoms with Gasteiger partial charge in [-0.05, 0) is 51.5 Å². The quantitative estimate of drug-likeness (QED) is 0.614. The normalized spacial score (nSPS) is 18.9. The van der Waals surface area contributed by atoms with Gasteiger partial charge in [0.25, 0.3) is 0 Å². The molecule has 0 aromatic carbocycles. The molecule has 1 aliphatic carbocycles. The third-order valence-electron chi connectivity index (χ3n) is 6.57. The molecule has 32 heavy (non-hydrogen) atoms. The van der Waals surface area contributed by atoms with Gasteiger partial charge in [-0.15, -0.1) is 0 Å². The zero-order valence-corrected chi connectivity index (χ0v) is 18.5. The molecule has 1 saturated carbocycles. The van der Waals surface area contributed by atoms with Gasteiger partial charge in [0, 0.05) is 36.3 Å². The van der Waals surface area contributed by atoms with E-state index in [0.717, 1.165) is 43.0 Å². The van der Waals surface area contributed by atoms with Crippen molar-refractivity contribution in [2.75, 3.05) is 18.8 Å². The average Bonchev–Trinajstić information content (AvgIpc) is 3.51. The molecule has 8 heteroatoms. The first-order valence-electron chi connectivity index (χ1n) is 11.0. The molecule has 2 fully saturated rings. The fraction of sp³-hybridized carbons (Fsp3) is 0.458. The van der Waals surface area contributed by atoms with E-state index in [1.165, 1.54) is 0 Å². The first-order valence-corrected chi connectivity index (χ1v) is 11.0. The van der Waals surface area contributed by atoms with Crippen molar-refractivity contribution in [3.63, 3.8) is 0 Å². The molecule has 0 amide bonds. The van der Waals surface area contributed by atoms with E-state index >= 15 is 0 Å². The van der Waals surface area contributed by atoms with Crippen LogP contribution >= 0.6 is 0 Å². The Bertz CT molecular complexity index is 1240. The lowest BCUT2D eigenvalue weighted by molar-refractivity contribution is 0.0767. The van der Waals surface area contributed by atoms with Crippen LogP contribution in [0.25, 0.3) is 22.2 Å². The molecule has 5 rings (SSSR count). The van der Waals surface area contributed by atoms with Crippen LogP contribution in [0.3, 0.4) is 0 Å². The largest absolute Gasteiger partial charge is 0.378 e. The Morgan fingerprint density at radius 1 is 1.25 bits per heavy atom. The van der Waals surface area contributed by atoms with Gasteiger partial charge in [0.05, 0.1) is 24.0 Å². The summed E-state index contributed by atoms with van der Waals surface area (Å²) in [5.41, 5.74) is 6.95. The highest BCUT2D eigenvalue weighted by Crippen LogP contribution is 2.39. The number of rotatable bonds is 4. The van der Waals surface area contributed by atoms with Crippen LogP contribution in [0.5, 0.6) is 0 Å². The molecule has 1 atom stereocenters. The van der Waals surface area contributed by atoms with Gasteiger partial charge in [-0.2, -0.15) is 0 Å². The van der Waals surface area contributed by atoms with Crippen molar-refractivity contribution in [3.8, 4) is 23.1 Å². The Morgan fingerprint density at radius 3 is 2.69 bits per heavy atom. The first kappa shape index (κ1) is 20.9. The second-order valence-corrected chi connectivity index (χ2v) is 9.33. The molecular weight excluding hydrogens is 407 g/mol. The lowest BCUT2D eigenvalue weighted by Gasteiger charge is -2.43. The summed E-state index contributed by atoms with van der Waals surface area (Å²) in [7, 11) is 0. The van der Waals surface area contributed by atoms with Gasteiger partial charge in [0.1, 0.15) is 17.0 Å². The molecule has 0 spiro atoms. The Hall–Kier alpha value is -3.02. The van der Waals surface area contributed by atoms with Crippen molar-refractivity contribution in [2.24, 2.45) is 5.92 Å². The van der Waals surface area contributed by atoms with Crippen molar-refractivity contribution in [2.45, 2.75) is 51.3 Å². The summed E-state index contributed by atoms with van der Waals surface area (Å²) in [6.45, 7) is 7.94. The molecule has 1 aliphatic heterocycles. The van der Waals surface area contributed by atoms with Gasteiger partial charge in [-0.25, -0.2) is 19.3 Å². The number of nitrogens with two attached hydrogens (primary N) is 1. The Morgan fingerprint density at radius 2 is 2.00 bits per heavy atom. The SMILES string of the molecule is CC(C)N1CC(n2cc(-c3nc(N)ncc3F)c3cc(C#CC(C)(O)C4CC4)ncc32)C1. The van der Waals surface area contributed by atoms with Gasteiger partial charge < -0.3 is 15.4 Å². The molecule has 1 unspecified atom stereocenters. The average molecular weight is 435 g/mol. The van der Waals surface area contributed by atoms with Gasteiger partial charge >= 0.3 is 0 Å². The molecule has 166 valence electrons. The van der Waals surface area contributed by atoms with Crippen LogP contribution in [0.15, 0.2) is 24.7 Å². The second-order valence-electron chi connectivity index (χ2n) is 9.33. The fourth-order valence-corrected chi connectivity index (χ4v) is 4.30. The highest BCUT2D eigenvalue weighted by molar-refractivity contribution is 5.95. The molecule has 7 nitrogen and oxygen atoms in total. The highest BCUT2D eigenvalue weighted by Gasteiger charge is 2.38. The summed E-state index contributed by atoms with van der Waals surface area (Å²) in [6, 6.07) is 2.59. The van der Waals surface area contributed by atoms with E-state index in [0.29, 0.717) is 17.3 Å². The Balaban J connectivity index is 1.60. The number of aromatic nitrogens is 4. The third kappa shape index (κ3) is 3.72. The lowest BCUT2D eigenvalue weighted by atomic mass is 10.0. The number of pyridine rings is 1. The number of fused-ring (bicyclic) bond motifs is 1. The molecule has 2 aliphatic rings. The van der Waals surface area contributed by atoms with Crippen molar-refractivity contribution in [1.29, 1.82) is 0 Å². The summed E-state index contributed by atoms with van der Waals surface area (Å²) in [5, 5.41) is 11.3. The number of hydrogen-bond donors (Lipinski definition) is 2. The van der Waals surface area contributed by atoms with E-state index < -0.39 is 11.4 Å². The smallest absolute Gasteiger partial charge is 0.220 e. The summed E-state index contributed by atoms with van der Waals surface area (Å²) in [4.78, 5) is 14.8. The predicted molar refractivity (Wildman–Crippen MR) is 121 cm³/mol. The summed E-state index contributed by atoms with van der Waals surface area (Å²) < 4.78 is 16.8. The van der Waals surface area contributed by atoms with E-state index in [9.17, 15) is 9.50 Å². The molecule has 0 radical (unpaired) electrons. The van der Waals surface area contributed by atoms with Crippen LogP contribution in [-0.4, -0.2) is 54.3 Å². The Kier molecular flexibility index (Phi) is 4.91. The van der Waals surface area contributed by atoms with Gasteiger partial charge in [0.15, 0.2) is 5.82 Å². The number of aliphatic hydroxyl groups is 1. The van der Waals surface area contributed by atoms with Gasteiger partial charge in [-0.1, -0.05) is 5.92 Å². The topological polar surface area (TPSA) is 93.1 Å². The first-order chi connectivity index (χ1) is 15.2. The maximum atomic E-state index is 14.7. The van der Waals surface area contributed by atoms with Crippen LogP contribution in [0.4, 0.5) is 10.3 Å².